The summed E-state index contributed by atoms with van der Waals surface area (Å²) < 4.78 is 13.1. The van der Waals surface area contributed by atoms with E-state index in [9.17, 15) is 9.18 Å². The van der Waals surface area contributed by atoms with E-state index < -0.39 is 0 Å². The smallest absolute Gasteiger partial charge is 0.255 e. The van der Waals surface area contributed by atoms with Crippen LogP contribution in [-0.2, 0) is 6.54 Å². The maximum Gasteiger partial charge on any atom is 0.255 e. The fraction of sp³-hybridized carbons (Fsp3) is 0.278. The Morgan fingerprint density at radius 2 is 1.82 bits per heavy atom. The molecule has 4 heteroatoms. The highest BCUT2D eigenvalue weighted by Crippen LogP contribution is 2.15. The topological polar surface area (TPSA) is 32.3 Å². The van der Waals surface area contributed by atoms with Gasteiger partial charge >= 0.3 is 0 Å². The third-order valence-corrected chi connectivity index (χ3v) is 3.90. The first kappa shape index (κ1) is 14.7. The van der Waals surface area contributed by atoms with Gasteiger partial charge in [0.1, 0.15) is 5.82 Å². The zero-order valence-corrected chi connectivity index (χ0v) is 12.4. The van der Waals surface area contributed by atoms with Gasteiger partial charge in [0.15, 0.2) is 0 Å². The lowest BCUT2D eigenvalue weighted by Gasteiger charge is -2.14. The third kappa shape index (κ3) is 3.71. The van der Waals surface area contributed by atoms with E-state index in [0.717, 1.165) is 19.6 Å². The van der Waals surface area contributed by atoms with E-state index in [0.29, 0.717) is 11.3 Å². The van der Waals surface area contributed by atoms with Gasteiger partial charge in [-0.3, -0.25) is 9.69 Å². The molecule has 1 N–H and O–H groups in total. The van der Waals surface area contributed by atoms with Crippen LogP contribution in [0.1, 0.15) is 28.8 Å². The Bertz CT molecular complexity index is 648. The molecule has 1 amide bonds. The van der Waals surface area contributed by atoms with Crippen molar-refractivity contribution >= 4 is 11.6 Å². The van der Waals surface area contributed by atoms with Crippen molar-refractivity contribution in [1.29, 1.82) is 0 Å². The van der Waals surface area contributed by atoms with Crippen LogP contribution in [0.25, 0.3) is 0 Å². The van der Waals surface area contributed by atoms with E-state index in [4.69, 9.17) is 0 Å². The number of hydrogen-bond acceptors (Lipinski definition) is 2. The minimum Gasteiger partial charge on any atom is -0.322 e. The van der Waals surface area contributed by atoms with Crippen LogP contribution in [0.2, 0.25) is 0 Å². The molecule has 1 saturated heterocycles. The fourth-order valence-electron chi connectivity index (χ4n) is 2.73. The molecule has 3 nitrogen and oxygen atoms in total. The lowest BCUT2D eigenvalue weighted by atomic mass is 10.1. The zero-order valence-electron chi connectivity index (χ0n) is 12.4. The van der Waals surface area contributed by atoms with Crippen LogP contribution in [0.3, 0.4) is 0 Å². The largest absolute Gasteiger partial charge is 0.322 e. The number of likely N-dealkylation sites (tertiary alicyclic amines) is 1. The molecular weight excluding hydrogens is 279 g/mol. The number of amides is 1. The van der Waals surface area contributed by atoms with Gasteiger partial charge < -0.3 is 5.32 Å². The van der Waals surface area contributed by atoms with Crippen molar-refractivity contribution < 1.29 is 9.18 Å². The first-order valence-corrected chi connectivity index (χ1v) is 7.59. The van der Waals surface area contributed by atoms with E-state index in [2.05, 4.69) is 10.2 Å². The monoisotopic (exact) mass is 298 g/mol. The van der Waals surface area contributed by atoms with Crippen molar-refractivity contribution in [3.8, 4) is 0 Å². The van der Waals surface area contributed by atoms with Crippen LogP contribution >= 0.6 is 0 Å². The highest BCUT2D eigenvalue weighted by Gasteiger charge is 2.12. The predicted octanol–water partition coefficient (Wildman–Crippen LogP) is 3.67. The molecule has 1 aliphatic rings. The molecule has 0 spiro atoms. The molecule has 114 valence electrons. The Morgan fingerprint density at radius 1 is 1.09 bits per heavy atom. The van der Waals surface area contributed by atoms with Crippen molar-refractivity contribution in [3.63, 3.8) is 0 Å². The summed E-state index contributed by atoms with van der Waals surface area (Å²) in [6.45, 7) is 3.25. The Hall–Kier alpha value is -2.20. The second-order valence-electron chi connectivity index (χ2n) is 5.64. The van der Waals surface area contributed by atoms with Gasteiger partial charge in [0.05, 0.1) is 0 Å². The van der Waals surface area contributed by atoms with Gasteiger partial charge in [0.25, 0.3) is 5.91 Å². The minimum absolute atomic E-state index is 0.224. The summed E-state index contributed by atoms with van der Waals surface area (Å²) >= 11 is 0. The molecule has 3 rings (SSSR count). The number of carbonyl (C=O) groups is 1. The molecule has 2 aromatic rings. The normalized spacial score (nSPS) is 15.0. The highest BCUT2D eigenvalue weighted by molar-refractivity contribution is 6.04. The Kier molecular flexibility index (Phi) is 4.49. The fourth-order valence-corrected chi connectivity index (χ4v) is 2.73. The molecule has 1 heterocycles. The standard InChI is InChI=1S/C18H19FN2O/c19-16-4-3-5-17(12-16)20-18(22)15-8-6-14(7-9-15)13-21-10-1-2-11-21/h3-9,12H,1-2,10-11,13H2,(H,20,22). The van der Waals surface area contributed by atoms with Crippen molar-refractivity contribution in [3.05, 3.63) is 65.5 Å². The van der Waals surface area contributed by atoms with Crippen LogP contribution in [0, 0.1) is 5.82 Å². The maximum atomic E-state index is 13.1. The van der Waals surface area contributed by atoms with Crippen molar-refractivity contribution in [1.82, 2.24) is 4.90 Å². The highest BCUT2D eigenvalue weighted by atomic mass is 19.1. The molecule has 1 aliphatic heterocycles. The van der Waals surface area contributed by atoms with Gasteiger partial charge in [0, 0.05) is 17.8 Å². The number of rotatable bonds is 4. The van der Waals surface area contributed by atoms with E-state index in [1.54, 1.807) is 12.1 Å². The molecule has 0 atom stereocenters. The number of nitrogens with one attached hydrogen (secondary N) is 1. The van der Waals surface area contributed by atoms with Gasteiger partial charge in [0.2, 0.25) is 0 Å². The third-order valence-electron chi connectivity index (χ3n) is 3.90. The summed E-state index contributed by atoms with van der Waals surface area (Å²) in [5.74, 6) is -0.586. The summed E-state index contributed by atoms with van der Waals surface area (Å²) in [6, 6.07) is 13.5. The number of hydrogen-bond donors (Lipinski definition) is 1. The number of benzene rings is 2. The molecule has 0 unspecified atom stereocenters. The molecule has 0 saturated carbocycles. The van der Waals surface area contributed by atoms with Gasteiger partial charge in [-0.25, -0.2) is 4.39 Å². The number of nitrogens with zero attached hydrogens (tertiary/aromatic N) is 1. The van der Waals surface area contributed by atoms with Crippen LogP contribution in [-0.4, -0.2) is 23.9 Å². The summed E-state index contributed by atoms with van der Waals surface area (Å²) in [5.41, 5.74) is 2.25. The van der Waals surface area contributed by atoms with Gasteiger partial charge in [-0.1, -0.05) is 18.2 Å². The average molecular weight is 298 g/mol. The minimum atomic E-state index is -0.362. The Morgan fingerprint density at radius 3 is 2.50 bits per heavy atom. The second-order valence-corrected chi connectivity index (χ2v) is 5.64. The van der Waals surface area contributed by atoms with Gasteiger partial charge in [-0.05, 0) is 61.8 Å². The molecule has 0 radical (unpaired) electrons. The Balaban J connectivity index is 1.63. The lowest BCUT2D eigenvalue weighted by Crippen LogP contribution is -2.18. The van der Waals surface area contributed by atoms with Crippen molar-refractivity contribution in [2.45, 2.75) is 19.4 Å². The van der Waals surface area contributed by atoms with E-state index >= 15 is 0 Å². The molecular formula is C18H19FN2O. The summed E-state index contributed by atoms with van der Waals surface area (Å²) in [5, 5.41) is 2.70. The quantitative estimate of drug-likeness (QED) is 0.934. The van der Waals surface area contributed by atoms with E-state index in [1.807, 2.05) is 24.3 Å². The average Bonchev–Trinajstić information content (AvgIpc) is 3.01. The van der Waals surface area contributed by atoms with Crippen molar-refractivity contribution in [2.24, 2.45) is 0 Å². The maximum absolute atomic E-state index is 13.1. The molecule has 1 fully saturated rings. The predicted molar refractivity (Wildman–Crippen MR) is 85.3 cm³/mol. The second kappa shape index (κ2) is 6.71. The first-order chi connectivity index (χ1) is 10.7. The molecule has 0 aliphatic carbocycles. The number of anilines is 1. The van der Waals surface area contributed by atoms with Gasteiger partial charge in [-0.2, -0.15) is 0 Å². The molecule has 2 aromatic carbocycles. The molecule has 22 heavy (non-hydrogen) atoms. The van der Waals surface area contributed by atoms with Crippen LogP contribution in [0.4, 0.5) is 10.1 Å². The molecule has 0 aromatic heterocycles. The van der Waals surface area contributed by atoms with E-state index in [-0.39, 0.29) is 11.7 Å². The molecule has 0 bridgehead atoms. The van der Waals surface area contributed by atoms with Crippen LogP contribution in [0.15, 0.2) is 48.5 Å². The zero-order chi connectivity index (χ0) is 15.4. The van der Waals surface area contributed by atoms with Gasteiger partial charge in [-0.15, -0.1) is 0 Å². The number of carbonyl (C=O) groups excluding carboxylic acids is 1. The SMILES string of the molecule is O=C(Nc1cccc(F)c1)c1ccc(CN2CCCC2)cc1. The van der Waals surface area contributed by atoms with E-state index in [1.165, 1.54) is 30.5 Å². The Labute approximate surface area is 129 Å². The number of halogens is 1. The summed E-state index contributed by atoms with van der Waals surface area (Å²) in [4.78, 5) is 14.6. The summed E-state index contributed by atoms with van der Waals surface area (Å²) in [7, 11) is 0. The van der Waals surface area contributed by atoms with Crippen LogP contribution < -0.4 is 5.32 Å². The first-order valence-electron chi connectivity index (χ1n) is 7.59. The van der Waals surface area contributed by atoms with Crippen LogP contribution in [0.5, 0.6) is 0 Å². The van der Waals surface area contributed by atoms with Crippen molar-refractivity contribution in [2.75, 3.05) is 18.4 Å². The lowest BCUT2D eigenvalue weighted by molar-refractivity contribution is 0.102. The summed E-state index contributed by atoms with van der Waals surface area (Å²) in [6.07, 6.45) is 2.54.